The van der Waals surface area contributed by atoms with Crippen molar-refractivity contribution in [2.24, 2.45) is 10.9 Å². The Morgan fingerprint density at radius 1 is 1.04 bits per heavy atom. The fourth-order valence-electron chi connectivity index (χ4n) is 4.09. The van der Waals surface area contributed by atoms with Gasteiger partial charge in [0, 0.05) is 47.0 Å². The number of hydrogen-bond donors (Lipinski definition) is 1. The number of ether oxygens (including phenoxy) is 2. The van der Waals surface area contributed by atoms with Crippen molar-refractivity contribution < 1.29 is 9.47 Å². The largest absolute Gasteiger partial charge is 0.385 e. The van der Waals surface area contributed by atoms with Gasteiger partial charge in [-0.1, -0.05) is 32.1 Å². The number of hydrogen-bond acceptors (Lipinski definition) is 3. The highest BCUT2D eigenvalue weighted by molar-refractivity contribution is 14.0. The average molecular weight is 481 g/mol. The van der Waals surface area contributed by atoms with E-state index < -0.39 is 0 Å². The molecule has 0 amide bonds. The number of piperidine rings is 1. The molecule has 0 aromatic heterocycles. The third kappa shape index (κ3) is 9.22. The standard InChI is InChI=1S/C20H39N3O2.HI/c1-21-20(22-13-6-10-18-8-4-3-5-9-18)23-14-11-19(12-15-23)25-17-7-16-24-2;/h18-19H,3-17H2,1-2H3,(H,21,22);1H. The molecule has 2 aliphatic rings. The molecule has 2 fully saturated rings. The van der Waals surface area contributed by atoms with Crippen LogP contribution in [-0.4, -0.2) is 64.0 Å². The van der Waals surface area contributed by atoms with Gasteiger partial charge in [0.2, 0.25) is 0 Å². The van der Waals surface area contributed by atoms with Crippen molar-refractivity contribution >= 4 is 29.9 Å². The van der Waals surface area contributed by atoms with Gasteiger partial charge < -0.3 is 19.7 Å². The average Bonchev–Trinajstić information content (AvgIpc) is 2.67. The maximum absolute atomic E-state index is 5.95. The van der Waals surface area contributed by atoms with Crippen molar-refractivity contribution in [3.63, 3.8) is 0 Å². The van der Waals surface area contributed by atoms with E-state index in [1.54, 1.807) is 7.11 Å². The Labute approximate surface area is 177 Å². The summed E-state index contributed by atoms with van der Waals surface area (Å²) in [5.41, 5.74) is 0. The van der Waals surface area contributed by atoms with Gasteiger partial charge in [-0.2, -0.15) is 0 Å². The van der Waals surface area contributed by atoms with Crippen LogP contribution < -0.4 is 5.32 Å². The summed E-state index contributed by atoms with van der Waals surface area (Å²) in [5.74, 6) is 2.05. The summed E-state index contributed by atoms with van der Waals surface area (Å²) in [6.45, 7) is 4.73. The summed E-state index contributed by atoms with van der Waals surface area (Å²) in [4.78, 5) is 6.87. The van der Waals surface area contributed by atoms with Gasteiger partial charge in [-0.15, -0.1) is 24.0 Å². The third-order valence-corrected chi connectivity index (χ3v) is 5.60. The second kappa shape index (κ2) is 14.9. The molecule has 0 aromatic rings. The van der Waals surface area contributed by atoms with E-state index in [2.05, 4.69) is 15.2 Å². The van der Waals surface area contributed by atoms with E-state index in [9.17, 15) is 0 Å². The molecule has 5 nitrogen and oxygen atoms in total. The van der Waals surface area contributed by atoms with Crippen molar-refractivity contribution in [1.82, 2.24) is 10.2 Å². The number of likely N-dealkylation sites (tertiary alicyclic amines) is 1. The minimum Gasteiger partial charge on any atom is -0.385 e. The number of halogens is 1. The summed E-state index contributed by atoms with van der Waals surface area (Å²) < 4.78 is 11.0. The molecule has 1 aliphatic heterocycles. The van der Waals surface area contributed by atoms with Crippen LogP contribution in [0.1, 0.15) is 64.2 Å². The Morgan fingerprint density at radius 2 is 1.77 bits per heavy atom. The predicted octanol–water partition coefficient (Wildman–Crippen LogP) is 4.06. The zero-order valence-electron chi connectivity index (χ0n) is 16.9. The van der Waals surface area contributed by atoms with Gasteiger partial charge in [0.25, 0.3) is 0 Å². The maximum atomic E-state index is 5.95. The molecule has 1 saturated carbocycles. The predicted molar refractivity (Wildman–Crippen MR) is 120 cm³/mol. The number of aliphatic imine (C=N–C) groups is 1. The molecule has 0 radical (unpaired) electrons. The number of guanidine groups is 1. The molecule has 0 unspecified atom stereocenters. The maximum Gasteiger partial charge on any atom is 0.193 e. The van der Waals surface area contributed by atoms with Crippen LogP contribution in [0.4, 0.5) is 0 Å². The van der Waals surface area contributed by atoms with E-state index in [4.69, 9.17) is 9.47 Å². The zero-order chi connectivity index (χ0) is 17.7. The highest BCUT2D eigenvalue weighted by Crippen LogP contribution is 2.27. The van der Waals surface area contributed by atoms with Crippen molar-refractivity contribution in [2.75, 3.05) is 47.0 Å². The molecule has 26 heavy (non-hydrogen) atoms. The first-order valence-electron chi connectivity index (χ1n) is 10.4. The van der Waals surface area contributed by atoms with Crippen LogP contribution in [-0.2, 0) is 9.47 Å². The topological polar surface area (TPSA) is 46.1 Å². The molecule has 1 saturated heterocycles. The number of methoxy groups -OCH3 is 1. The lowest BCUT2D eigenvalue weighted by Crippen LogP contribution is -2.47. The fourth-order valence-corrected chi connectivity index (χ4v) is 4.09. The second-order valence-electron chi connectivity index (χ2n) is 7.52. The van der Waals surface area contributed by atoms with E-state index in [1.165, 1.54) is 44.9 Å². The first-order valence-corrected chi connectivity index (χ1v) is 10.4. The van der Waals surface area contributed by atoms with Gasteiger partial charge in [0.1, 0.15) is 0 Å². The van der Waals surface area contributed by atoms with Crippen molar-refractivity contribution in [3.05, 3.63) is 0 Å². The van der Waals surface area contributed by atoms with Crippen LogP contribution in [0.3, 0.4) is 0 Å². The molecule has 6 heteroatoms. The molecular formula is C20H40IN3O2. The summed E-state index contributed by atoms with van der Waals surface area (Å²) in [6, 6.07) is 0. The summed E-state index contributed by atoms with van der Waals surface area (Å²) in [6.07, 6.45) is 13.5. The minimum absolute atomic E-state index is 0. The van der Waals surface area contributed by atoms with Gasteiger partial charge in [0.15, 0.2) is 5.96 Å². The molecule has 0 atom stereocenters. The Bertz CT molecular complexity index is 368. The van der Waals surface area contributed by atoms with Crippen LogP contribution in [0.2, 0.25) is 0 Å². The van der Waals surface area contributed by atoms with Crippen molar-refractivity contribution in [1.29, 1.82) is 0 Å². The summed E-state index contributed by atoms with van der Waals surface area (Å²) in [7, 11) is 3.64. The van der Waals surface area contributed by atoms with Crippen LogP contribution in [0.15, 0.2) is 4.99 Å². The quantitative estimate of drug-likeness (QED) is 0.234. The molecule has 1 aliphatic carbocycles. The smallest absolute Gasteiger partial charge is 0.193 e. The lowest BCUT2D eigenvalue weighted by Gasteiger charge is -2.34. The number of nitrogens with one attached hydrogen (secondary N) is 1. The van der Waals surface area contributed by atoms with E-state index in [0.717, 1.165) is 64.0 Å². The molecule has 0 bridgehead atoms. The van der Waals surface area contributed by atoms with Gasteiger partial charge in [0.05, 0.1) is 6.10 Å². The highest BCUT2D eigenvalue weighted by Gasteiger charge is 2.21. The van der Waals surface area contributed by atoms with Gasteiger partial charge >= 0.3 is 0 Å². The minimum atomic E-state index is 0. The van der Waals surface area contributed by atoms with Crippen molar-refractivity contribution in [3.8, 4) is 0 Å². The monoisotopic (exact) mass is 481 g/mol. The molecule has 0 aromatic carbocycles. The Hall–Kier alpha value is -0.0800. The first-order chi connectivity index (χ1) is 12.3. The molecule has 0 spiro atoms. The molecule has 154 valence electrons. The van der Waals surface area contributed by atoms with Gasteiger partial charge in [-0.25, -0.2) is 0 Å². The van der Waals surface area contributed by atoms with E-state index in [0.29, 0.717) is 6.10 Å². The molecule has 2 rings (SSSR count). The summed E-state index contributed by atoms with van der Waals surface area (Å²) >= 11 is 0. The van der Waals surface area contributed by atoms with E-state index in [-0.39, 0.29) is 24.0 Å². The Morgan fingerprint density at radius 3 is 2.42 bits per heavy atom. The molecule has 1 heterocycles. The first kappa shape index (κ1) is 24.0. The van der Waals surface area contributed by atoms with E-state index >= 15 is 0 Å². The SMILES string of the molecule is CN=C(NCCCC1CCCCC1)N1CCC(OCCCOC)CC1.I. The lowest BCUT2D eigenvalue weighted by molar-refractivity contribution is 0.00991. The van der Waals surface area contributed by atoms with Crippen LogP contribution in [0.5, 0.6) is 0 Å². The number of rotatable bonds is 9. The van der Waals surface area contributed by atoms with Gasteiger partial charge in [-0.05, 0) is 38.0 Å². The highest BCUT2D eigenvalue weighted by atomic mass is 127. The number of nitrogens with zero attached hydrogens (tertiary/aromatic N) is 2. The Kier molecular flexibility index (Phi) is 13.7. The zero-order valence-corrected chi connectivity index (χ0v) is 19.2. The third-order valence-electron chi connectivity index (χ3n) is 5.60. The van der Waals surface area contributed by atoms with Crippen molar-refractivity contribution in [2.45, 2.75) is 70.3 Å². The van der Waals surface area contributed by atoms with Crippen LogP contribution >= 0.6 is 24.0 Å². The normalized spacial score (nSPS) is 20.1. The van der Waals surface area contributed by atoms with Crippen LogP contribution in [0.25, 0.3) is 0 Å². The van der Waals surface area contributed by atoms with Gasteiger partial charge in [-0.3, -0.25) is 4.99 Å². The molecule has 1 N–H and O–H groups in total. The van der Waals surface area contributed by atoms with E-state index in [1.807, 2.05) is 7.05 Å². The second-order valence-corrected chi connectivity index (χ2v) is 7.52. The Balaban J connectivity index is 0.00000338. The lowest BCUT2D eigenvalue weighted by atomic mass is 9.86. The molecular weight excluding hydrogens is 441 g/mol. The fraction of sp³-hybridized carbons (Fsp3) is 0.950. The summed E-state index contributed by atoms with van der Waals surface area (Å²) in [5, 5.41) is 3.57. The van der Waals surface area contributed by atoms with Crippen LogP contribution in [0, 0.1) is 5.92 Å².